The molecule has 0 saturated heterocycles. The summed E-state index contributed by atoms with van der Waals surface area (Å²) in [5, 5.41) is 0. The average molecular weight is 1020 g/mol. The number of rotatable bonds is 52. The Kier molecular flexibility index (Phi) is 61.4. The van der Waals surface area contributed by atoms with E-state index in [0.29, 0.717) is 0 Å². The Hall–Kier alpha value is 0.480. The maximum absolute atomic E-state index is 10.9. The van der Waals surface area contributed by atoms with Crippen LogP contribution in [-0.2, 0) is 29.2 Å². The van der Waals surface area contributed by atoms with E-state index < -0.39 is 20.8 Å². The van der Waals surface area contributed by atoms with Gasteiger partial charge in [0.1, 0.15) is 0 Å². The Morgan fingerprint density at radius 3 is 0.731 bits per heavy atom. The van der Waals surface area contributed by atoms with Crippen LogP contribution < -0.4 is 0 Å². The first kappa shape index (κ1) is 71.7. The summed E-state index contributed by atoms with van der Waals surface area (Å²) in [4.78, 5) is 0. The summed E-state index contributed by atoms with van der Waals surface area (Å²) in [6.07, 6.45) is 64.5. The third-order valence-corrected chi connectivity index (χ3v) is 13.8. The zero-order valence-electron chi connectivity index (χ0n) is 44.8. The monoisotopic (exact) mass is 1010 g/mol. The second-order valence-electron chi connectivity index (χ2n) is 19.6. The van der Waals surface area contributed by atoms with Gasteiger partial charge in [0, 0.05) is 11.8 Å². The molecule has 0 amide bonds. The van der Waals surface area contributed by atoms with Gasteiger partial charge in [0.25, 0.3) is 0 Å². The van der Waals surface area contributed by atoms with E-state index in [0.717, 1.165) is 38.5 Å². The van der Waals surface area contributed by atoms with E-state index in [1.54, 1.807) is 0 Å². The molecule has 0 aliphatic carbocycles. The van der Waals surface area contributed by atoms with Crippen molar-refractivity contribution >= 4 is 58.5 Å². The first-order chi connectivity index (χ1) is 32.0. The van der Waals surface area contributed by atoms with Crippen LogP contribution in [0.5, 0.6) is 0 Å². The molecule has 396 valence electrons. The van der Waals surface area contributed by atoms with Crippen molar-refractivity contribution in [3.05, 3.63) is 24.3 Å². The Labute approximate surface area is 448 Å². The third-order valence-electron chi connectivity index (χ3n) is 13.0. The zero-order valence-corrected chi connectivity index (χ0v) is 48.6. The number of unbranched alkanes of at least 4 members (excludes halogenated alkanes) is 38. The van der Waals surface area contributed by atoms with E-state index in [-0.39, 0.29) is 62.8 Å². The third kappa shape index (κ3) is 66.5. The first-order valence-corrected chi connectivity index (χ1v) is 31.2. The smallest absolute Gasteiger partial charge is 0.726 e. The molecular formula is C56H110CaO8S2. The molecule has 2 unspecified atom stereocenters. The van der Waals surface area contributed by atoms with Crippen molar-refractivity contribution in [3.63, 3.8) is 0 Å². The SMILES string of the molecule is CCCCCCCCCCCC/C=C/C(CCCCCCCCCCCC)COS(=O)(=O)[O-].CCCCCCCCCCCC/C=C/C(CCCCCCCCCCCC)COS(=O)(=O)[O-].[Ca+2]. The minimum Gasteiger partial charge on any atom is -0.726 e. The van der Waals surface area contributed by atoms with Gasteiger partial charge in [-0.1, -0.05) is 296 Å². The molecule has 0 aromatic rings. The van der Waals surface area contributed by atoms with Gasteiger partial charge in [0.2, 0.25) is 20.8 Å². The molecule has 67 heavy (non-hydrogen) atoms. The van der Waals surface area contributed by atoms with E-state index in [9.17, 15) is 25.9 Å². The van der Waals surface area contributed by atoms with Crippen molar-refractivity contribution in [2.45, 2.75) is 310 Å². The predicted octanol–water partition coefficient (Wildman–Crippen LogP) is 18.1. The van der Waals surface area contributed by atoms with E-state index in [1.165, 1.54) is 244 Å². The molecule has 8 nitrogen and oxygen atoms in total. The maximum atomic E-state index is 10.9. The standard InChI is InChI=1S/2C28H56O4S.Ca/c2*1-3-5-7-9-11-13-15-16-18-20-22-24-26-28(27-32-33(29,30)31)25-23-21-19-17-14-12-10-8-6-4-2;/h2*24,26,28H,3-23,25,27H2,1-2H3,(H,29,30,31);/q;;+2/p-2/b2*26-24+;. The van der Waals surface area contributed by atoms with Crippen LogP contribution in [0.1, 0.15) is 310 Å². The first-order valence-electron chi connectivity index (χ1n) is 28.5. The van der Waals surface area contributed by atoms with Crippen molar-refractivity contribution in [3.8, 4) is 0 Å². The van der Waals surface area contributed by atoms with Gasteiger partial charge in [0.15, 0.2) is 0 Å². The predicted molar refractivity (Wildman–Crippen MR) is 288 cm³/mol. The summed E-state index contributed by atoms with van der Waals surface area (Å²) in [6.45, 7) is 8.98. The van der Waals surface area contributed by atoms with Gasteiger partial charge in [-0.25, -0.2) is 16.8 Å². The van der Waals surface area contributed by atoms with Crippen LogP contribution in [0, 0.1) is 11.8 Å². The molecule has 2 atom stereocenters. The van der Waals surface area contributed by atoms with Gasteiger partial charge in [-0.15, -0.1) is 0 Å². The van der Waals surface area contributed by atoms with Crippen molar-refractivity contribution in [2.75, 3.05) is 13.2 Å². The fourth-order valence-corrected chi connectivity index (χ4v) is 9.36. The van der Waals surface area contributed by atoms with Gasteiger partial charge >= 0.3 is 37.7 Å². The summed E-state index contributed by atoms with van der Waals surface area (Å²) in [5.74, 6) is 0.0387. The summed E-state index contributed by atoms with van der Waals surface area (Å²) in [5.41, 5.74) is 0. The molecule has 0 aromatic heterocycles. The van der Waals surface area contributed by atoms with Crippen molar-refractivity contribution in [2.24, 2.45) is 11.8 Å². The van der Waals surface area contributed by atoms with E-state index >= 15 is 0 Å². The van der Waals surface area contributed by atoms with Crippen LogP contribution in [0.3, 0.4) is 0 Å². The molecule has 0 aromatic carbocycles. The van der Waals surface area contributed by atoms with E-state index in [4.69, 9.17) is 0 Å². The molecule has 0 spiro atoms. The molecule has 0 heterocycles. The molecule has 0 bridgehead atoms. The molecule has 0 aliphatic heterocycles. The number of hydrogen-bond acceptors (Lipinski definition) is 8. The molecule has 0 saturated carbocycles. The van der Waals surface area contributed by atoms with Crippen molar-refractivity contribution < 1.29 is 34.3 Å². The molecular weight excluding hydrogens is 905 g/mol. The summed E-state index contributed by atoms with van der Waals surface area (Å²) in [7, 11) is -9.22. The van der Waals surface area contributed by atoms with Gasteiger partial charge in [0.05, 0.1) is 13.2 Å². The Bertz CT molecular complexity index is 1130. The van der Waals surface area contributed by atoms with Crippen LogP contribution >= 0.6 is 0 Å². The molecule has 0 rings (SSSR count). The van der Waals surface area contributed by atoms with Crippen LogP contribution in [-0.4, -0.2) is 76.9 Å². The summed E-state index contributed by atoms with van der Waals surface area (Å²) < 4.78 is 74.2. The molecule has 0 N–H and O–H groups in total. The van der Waals surface area contributed by atoms with Crippen molar-refractivity contribution in [1.82, 2.24) is 0 Å². The molecule has 0 aliphatic rings. The van der Waals surface area contributed by atoms with E-state index in [1.807, 2.05) is 0 Å². The topological polar surface area (TPSA) is 133 Å². The number of allylic oxidation sites excluding steroid dienone is 2. The van der Waals surface area contributed by atoms with E-state index in [2.05, 4.69) is 60.4 Å². The van der Waals surface area contributed by atoms with Gasteiger partial charge in [-0.3, -0.25) is 8.37 Å². The van der Waals surface area contributed by atoms with Crippen LogP contribution in [0.15, 0.2) is 24.3 Å². The number of hydrogen-bond donors (Lipinski definition) is 0. The Balaban J connectivity index is -0.00000120. The molecule has 0 fully saturated rings. The maximum Gasteiger partial charge on any atom is 2.00 e. The van der Waals surface area contributed by atoms with Crippen LogP contribution in [0.2, 0.25) is 0 Å². The van der Waals surface area contributed by atoms with Gasteiger partial charge < -0.3 is 9.11 Å². The largest absolute Gasteiger partial charge is 2.00 e. The normalized spacial score (nSPS) is 13.0. The van der Waals surface area contributed by atoms with Gasteiger partial charge in [-0.05, 0) is 38.5 Å². The summed E-state index contributed by atoms with van der Waals surface area (Å²) >= 11 is 0. The minimum atomic E-state index is -4.61. The van der Waals surface area contributed by atoms with Crippen molar-refractivity contribution in [1.29, 1.82) is 0 Å². The second-order valence-corrected chi connectivity index (χ2v) is 21.7. The quantitative estimate of drug-likeness (QED) is 0.0193. The fraction of sp³-hybridized carbons (Fsp3) is 0.929. The van der Waals surface area contributed by atoms with Gasteiger partial charge in [-0.2, -0.15) is 0 Å². The molecule has 0 radical (unpaired) electrons. The Morgan fingerprint density at radius 1 is 0.328 bits per heavy atom. The zero-order chi connectivity index (χ0) is 48.9. The molecule has 11 heteroatoms. The average Bonchev–Trinajstić information content (AvgIpc) is 3.28. The van der Waals surface area contributed by atoms with Crippen LogP contribution in [0.25, 0.3) is 0 Å². The van der Waals surface area contributed by atoms with Crippen LogP contribution in [0.4, 0.5) is 0 Å². The second kappa shape index (κ2) is 57.4. The fourth-order valence-electron chi connectivity index (χ4n) is 8.68. The summed E-state index contributed by atoms with van der Waals surface area (Å²) in [6, 6.07) is 0. The minimum absolute atomic E-state index is 0. The Morgan fingerprint density at radius 2 is 0.522 bits per heavy atom.